The van der Waals surface area contributed by atoms with Crippen LogP contribution >= 0.6 is 11.6 Å². The number of nitrogens with one attached hydrogen (secondary N) is 1. The molecule has 0 radical (unpaired) electrons. The molecule has 0 heterocycles. The molecular formula is C35H38ClN3O4S. The number of halogens is 1. The third-order valence-electron chi connectivity index (χ3n) is 6.97. The molecule has 2 amide bonds. The van der Waals surface area contributed by atoms with Crippen molar-refractivity contribution in [2.75, 3.05) is 10.8 Å². The molecule has 0 aromatic heterocycles. The molecule has 4 aromatic rings. The van der Waals surface area contributed by atoms with E-state index < -0.39 is 34.1 Å². The van der Waals surface area contributed by atoms with Gasteiger partial charge in [-0.15, -0.1) is 0 Å². The molecule has 4 rings (SSSR count). The summed E-state index contributed by atoms with van der Waals surface area (Å²) in [6.45, 7) is 7.02. The molecule has 0 bridgehead atoms. The maximum Gasteiger partial charge on any atom is 0.264 e. The van der Waals surface area contributed by atoms with Crippen LogP contribution in [0.4, 0.5) is 5.69 Å². The summed E-state index contributed by atoms with van der Waals surface area (Å²) >= 11 is 6.53. The third kappa shape index (κ3) is 8.49. The summed E-state index contributed by atoms with van der Waals surface area (Å²) in [5.74, 6) is -0.884. The SMILES string of the molecule is Cc1ccc(S(=O)(=O)N(CC(=O)N(Cc2ccccc2)[C@@H](Cc2ccccc2)C(=O)NC(C)(C)C)c2ccccc2Cl)cc1. The van der Waals surface area contributed by atoms with Crippen LogP contribution in [0.15, 0.2) is 114 Å². The third-order valence-corrected chi connectivity index (χ3v) is 9.07. The number of aryl methyl sites for hydroxylation is 1. The minimum Gasteiger partial charge on any atom is -0.350 e. The fourth-order valence-corrected chi connectivity index (χ4v) is 6.51. The Morgan fingerprint density at radius 1 is 0.795 bits per heavy atom. The van der Waals surface area contributed by atoms with Crippen LogP contribution in [0.2, 0.25) is 5.02 Å². The van der Waals surface area contributed by atoms with Gasteiger partial charge in [0.05, 0.1) is 15.6 Å². The van der Waals surface area contributed by atoms with Crippen molar-refractivity contribution in [1.29, 1.82) is 0 Å². The van der Waals surface area contributed by atoms with Gasteiger partial charge in [-0.1, -0.05) is 102 Å². The molecule has 0 aliphatic carbocycles. The summed E-state index contributed by atoms with van der Waals surface area (Å²) in [7, 11) is -4.23. The van der Waals surface area contributed by atoms with E-state index in [0.717, 1.165) is 21.0 Å². The van der Waals surface area contributed by atoms with Gasteiger partial charge in [-0.25, -0.2) is 8.42 Å². The van der Waals surface area contributed by atoms with Gasteiger partial charge < -0.3 is 10.2 Å². The van der Waals surface area contributed by atoms with Gasteiger partial charge in [0.15, 0.2) is 0 Å². The predicted octanol–water partition coefficient (Wildman–Crippen LogP) is 6.40. The standard InChI is InChI=1S/C35H38ClN3O4S/c1-26-19-21-29(22-20-26)44(42,43)39(31-18-12-11-17-30(31)36)25-33(40)38(24-28-15-9-6-10-16-28)32(34(41)37-35(2,3)4)23-27-13-7-5-8-14-27/h5-22,32H,23-25H2,1-4H3,(H,37,41)/t32-/m0/s1. The number of rotatable bonds is 11. The summed E-state index contributed by atoms with van der Waals surface area (Å²) in [6, 6.07) is 30.8. The quantitative estimate of drug-likeness (QED) is 0.208. The number of hydrogen-bond donors (Lipinski definition) is 1. The number of carbonyl (C=O) groups is 2. The van der Waals surface area contributed by atoms with Crippen LogP contribution in [0, 0.1) is 6.92 Å². The Balaban J connectivity index is 1.81. The first-order valence-electron chi connectivity index (χ1n) is 14.4. The van der Waals surface area contributed by atoms with Crippen molar-refractivity contribution >= 4 is 39.1 Å². The van der Waals surface area contributed by atoms with Crippen molar-refractivity contribution < 1.29 is 18.0 Å². The first-order valence-corrected chi connectivity index (χ1v) is 16.2. The number of para-hydroxylation sites is 1. The number of nitrogens with zero attached hydrogens (tertiary/aromatic N) is 2. The fraction of sp³-hybridized carbons (Fsp3) is 0.257. The number of hydrogen-bond acceptors (Lipinski definition) is 4. The lowest BCUT2D eigenvalue weighted by molar-refractivity contribution is -0.140. The topological polar surface area (TPSA) is 86.8 Å². The molecular weight excluding hydrogens is 594 g/mol. The van der Waals surface area contributed by atoms with Gasteiger partial charge in [0.25, 0.3) is 10.0 Å². The van der Waals surface area contributed by atoms with Crippen molar-refractivity contribution in [2.24, 2.45) is 0 Å². The highest BCUT2D eigenvalue weighted by atomic mass is 35.5. The molecule has 0 spiro atoms. The number of anilines is 1. The van der Waals surface area contributed by atoms with E-state index in [9.17, 15) is 18.0 Å². The average Bonchev–Trinajstić information content (AvgIpc) is 2.98. The highest BCUT2D eigenvalue weighted by Gasteiger charge is 2.36. The first-order chi connectivity index (χ1) is 20.8. The van der Waals surface area contributed by atoms with Gasteiger partial charge in [-0.3, -0.25) is 13.9 Å². The molecule has 0 saturated heterocycles. The molecule has 4 aromatic carbocycles. The summed E-state index contributed by atoms with van der Waals surface area (Å²) in [5.41, 5.74) is 2.16. The molecule has 1 N–H and O–H groups in total. The molecule has 0 aliphatic heterocycles. The second-order valence-electron chi connectivity index (χ2n) is 11.7. The molecule has 230 valence electrons. The molecule has 44 heavy (non-hydrogen) atoms. The Hall–Kier alpha value is -4.14. The second kappa shape index (κ2) is 14.1. The highest BCUT2D eigenvalue weighted by molar-refractivity contribution is 7.92. The van der Waals surface area contributed by atoms with Crippen molar-refractivity contribution in [1.82, 2.24) is 10.2 Å². The van der Waals surface area contributed by atoms with Gasteiger partial charge in [0.2, 0.25) is 11.8 Å². The maximum absolute atomic E-state index is 14.5. The van der Waals surface area contributed by atoms with E-state index in [2.05, 4.69) is 5.32 Å². The highest BCUT2D eigenvalue weighted by Crippen LogP contribution is 2.31. The fourth-order valence-electron chi connectivity index (χ4n) is 4.79. The summed E-state index contributed by atoms with van der Waals surface area (Å²) in [5, 5.41) is 3.21. The number of amides is 2. The summed E-state index contributed by atoms with van der Waals surface area (Å²) in [4.78, 5) is 29.9. The van der Waals surface area contributed by atoms with E-state index in [4.69, 9.17) is 11.6 Å². The zero-order valence-electron chi connectivity index (χ0n) is 25.4. The van der Waals surface area contributed by atoms with Crippen molar-refractivity contribution in [3.05, 3.63) is 131 Å². The summed E-state index contributed by atoms with van der Waals surface area (Å²) < 4.78 is 29.3. The molecule has 0 fully saturated rings. The Labute approximate surface area is 265 Å². The Bertz CT molecular complexity index is 1670. The number of carbonyl (C=O) groups excluding carboxylic acids is 2. The zero-order chi connectivity index (χ0) is 31.9. The van der Waals surface area contributed by atoms with Gasteiger partial charge in [0, 0.05) is 18.5 Å². The van der Waals surface area contributed by atoms with Crippen LogP contribution in [0.5, 0.6) is 0 Å². The van der Waals surface area contributed by atoms with E-state index in [1.165, 1.54) is 17.0 Å². The van der Waals surface area contributed by atoms with Crippen molar-refractivity contribution in [2.45, 2.75) is 57.1 Å². The summed E-state index contributed by atoms with van der Waals surface area (Å²) in [6.07, 6.45) is 0.234. The van der Waals surface area contributed by atoms with Gasteiger partial charge >= 0.3 is 0 Å². The average molecular weight is 632 g/mol. The van der Waals surface area contributed by atoms with Crippen LogP contribution in [-0.4, -0.2) is 43.3 Å². The van der Waals surface area contributed by atoms with E-state index >= 15 is 0 Å². The van der Waals surface area contributed by atoms with E-state index in [-0.39, 0.29) is 34.5 Å². The first kappa shape index (κ1) is 32.8. The van der Waals surface area contributed by atoms with Crippen molar-refractivity contribution in [3.63, 3.8) is 0 Å². The van der Waals surface area contributed by atoms with Crippen LogP contribution in [-0.2, 0) is 32.6 Å². The predicted molar refractivity (Wildman–Crippen MR) is 176 cm³/mol. The Kier molecular flexibility index (Phi) is 10.5. The Morgan fingerprint density at radius 2 is 1.34 bits per heavy atom. The molecule has 9 heteroatoms. The largest absolute Gasteiger partial charge is 0.350 e. The zero-order valence-corrected chi connectivity index (χ0v) is 27.0. The lowest BCUT2D eigenvalue weighted by atomic mass is 10.0. The number of sulfonamides is 1. The smallest absolute Gasteiger partial charge is 0.264 e. The van der Waals surface area contributed by atoms with E-state index in [1.807, 2.05) is 88.4 Å². The van der Waals surface area contributed by atoms with Crippen LogP contribution < -0.4 is 9.62 Å². The molecule has 1 atom stereocenters. The minimum atomic E-state index is -4.23. The van der Waals surface area contributed by atoms with Gasteiger partial charge in [-0.2, -0.15) is 0 Å². The Morgan fingerprint density at radius 3 is 1.91 bits per heavy atom. The molecule has 0 unspecified atom stereocenters. The molecule has 0 saturated carbocycles. The molecule has 0 aliphatic rings. The number of benzene rings is 4. The normalized spacial score (nSPS) is 12.3. The molecule has 7 nitrogen and oxygen atoms in total. The van der Waals surface area contributed by atoms with Gasteiger partial charge in [0.1, 0.15) is 12.6 Å². The second-order valence-corrected chi connectivity index (χ2v) is 14.0. The van der Waals surface area contributed by atoms with Crippen molar-refractivity contribution in [3.8, 4) is 0 Å². The van der Waals surface area contributed by atoms with E-state index in [0.29, 0.717) is 0 Å². The van der Waals surface area contributed by atoms with Crippen LogP contribution in [0.25, 0.3) is 0 Å². The minimum absolute atomic E-state index is 0.0248. The lowest BCUT2D eigenvalue weighted by Crippen LogP contribution is -2.56. The van der Waals surface area contributed by atoms with Crippen LogP contribution in [0.3, 0.4) is 0 Å². The van der Waals surface area contributed by atoms with Gasteiger partial charge in [-0.05, 0) is 63.1 Å². The van der Waals surface area contributed by atoms with Crippen LogP contribution in [0.1, 0.15) is 37.5 Å². The maximum atomic E-state index is 14.5. The monoisotopic (exact) mass is 631 g/mol. The lowest BCUT2D eigenvalue weighted by Gasteiger charge is -2.35. The van der Waals surface area contributed by atoms with E-state index in [1.54, 1.807) is 36.4 Å².